The Balaban J connectivity index is 1.97. The molecule has 1 heterocycles. The minimum absolute atomic E-state index is 0.254. The predicted octanol–water partition coefficient (Wildman–Crippen LogP) is 4.49. The number of hydrogen-bond acceptors (Lipinski definition) is 6. The van der Waals surface area contributed by atoms with E-state index in [0.717, 1.165) is 16.5 Å². The fourth-order valence-electron chi connectivity index (χ4n) is 1.71. The molecule has 1 atom stereocenters. The lowest BCUT2D eigenvalue weighted by atomic mass is 10.2. The number of anilines is 1. The van der Waals surface area contributed by atoms with Gasteiger partial charge in [0.25, 0.3) is 5.91 Å². The van der Waals surface area contributed by atoms with Gasteiger partial charge >= 0.3 is 0 Å². The summed E-state index contributed by atoms with van der Waals surface area (Å²) in [5.41, 5.74) is 0. The maximum atomic E-state index is 12.3. The number of amides is 1. The molecule has 0 saturated heterocycles. The van der Waals surface area contributed by atoms with Gasteiger partial charge in [-0.05, 0) is 25.0 Å². The summed E-state index contributed by atoms with van der Waals surface area (Å²) in [6, 6.07) is 7.09. The van der Waals surface area contributed by atoms with Crippen LogP contribution in [-0.2, 0) is 4.79 Å². The van der Waals surface area contributed by atoms with Crippen LogP contribution in [0, 0.1) is 0 Å². The quantitative estimate of drug-likeness (QED) is 0.547. The zero-order valence-electron chi connectivity index (χ0n) is 12.9. The van der Waals surface area contributed by atoms with Gasteiger partial charge in [0.1, 0.15) is 5.75 Å². The molecule has 8 heteroatoms. The number of para-hydroxylation sites is 1. The zero-order valence-corrected chi connectivity index (χ0v) is 15.3. The van der Waals surface area contributed by atoms with Gasteiger partial charge in [-0.1, -0.05) is 60.7 Å². The monoisotopic (exact) mass is 371 g/mol. The number of thioether (sulfide) groups is 1. The summed E-state index contributed by atoms with van der Waals surface area (Å²) in [5.74, 6) is 1.22. The number of benzene rings is 1. The van der Waals surface area contributed by atoms with E-state index in [1.807, 2.05) is 19.1 Å². The maximum Gasteiger partial charge on any atom is 0.267 e. The molecule has 2 aromatic rings. The minimum Gasteiger partial charge on any atom is -0.479 e. The van der Waals surface area contributed by atoms with Crippen LogP contribution in [0.25, 0.3) is 0 Å². The lowest BCUT2D eigenvalue weighted by molar-refractivity contribution is -0.122. The van der Waals surface area contributed by atoms with E-state index in [9.17, 15) is 4.79 Å². The Morgan fingerprint density at radius 2 is 2.17 bits per heavy atom. The second kappa shape index (κ2) is 9.10. The molecular formula is C15H18ClN3O2S2. The lowest BCUT2D eigenvalue weighted by Gasteiger charge is -2.17. The number of nitrogens with one attached hydrogen (secondary N) is 1. The second-order valence-electron chi connectivity index (χ2n) is 4.66. The van der Waals surface area contributed by atoms with Crippen molar-refractivity contribution >= 4 is 45.7 Å². The van der Waals surface area contributed by atoms with Gasteiger partial charge in [0, 0.05) is 5.75 Å². The summed E-state index contributed by atoms with van der Waals surface area (Å²) in [6.45, 7) is 3.98. The van der Waals surface area contributed by atoms with Crippen LogP contribution < -0.4 is 10.1 Å². The second-order valence-corrected chi connectivity index (χ2v) is 7.38. The molecule has 0 bridgehead atoms. The fourth-order valence-corrected chi connectivity index (χ4v) is 3.57. The molecule has 1 aromatic carbocycles. The number of nitrogens with zero attached hydrogens (tertiary/aromatic N) is 2. The Morgan fingerprint density at radius 1 is 1.39 bits per heavy atom. The Kier molecular flexibility index (Phi) is 7.14. The number of rotatable bonds is 8. The number of ether oxygens (including phenoxy) is 1. The summed E-state index contributed by atoms with van der Waals surface area (Å²) in [4.78, 5) is 12.3. The molecule has 1 N–H and O–H groups in total. The van der Waals surface area contributed by atoms with E-state index in [2.05, 4.69) is 22.4 Å². The van der Waals surface area contributed by atoms with Gasteiger partial charge in [0.15, 0.2) is 10.4 Å². The van der Waals surface area contributed by atoms with E-state index >= 15 is 0 Å². The van der Waals surface area contributed by atoms with Gasteiger partial charge < -0.3 is 4.74 Å². The lowest BCUT2D eigenvalue weighted by Crippen LogP contribution is -2.32. The summed E-state index contributed by atoms with van der Waals surface area (Å²) >= 11 is 9.06. The van der Waals surface area contributed by atoms with Gasteiger partial charge in [-0.2, -0.15) is 0 Å². The third kappa shape index (κ3) is 5.37. The van der Waals surface area contributed by atoms with E-state index in [4.69, 9.17) is 16.3 Å². The van der Waals surface area contributed by atoms with Crippen molar-refractivity contribution in [3.63, 3.8) is 0 Å². The average Bonchev–Trinajstić information content (AvgIpc) is 2.99. The van der Waals surface area contributed by atoms with Crippen LogP contribution >= 0.6 is 34.7 Å². The van der Waals surface area contributed by atoms with Gasteiger partial charge in [0.2, 0.25) is 5.13 Å². The van der Waals surface area contributed by atoms with E-state index in [-0.39, 0.29) is 5.91 Å². The maximum absolute atomic E-state index is 12.3. The fraction of sp³-hybridized carbons (Fsp3) is 0.400. The Bertz CT molecular complexity index is 651. The van der Waals surface area contributed by atoms with Crippen molar-refractivity contribution in [1.29, 1.82) is 0 Å². The van der Waals surface area contributed by atoms with Crippen molar-refractivity contribution in [2.75, 3.05) is 11.1 Å². The molecule has 1 amide bonds. The first-order valence-corrected chi connectivity index (χ1v) is 9.50. The third-order valence-electron chi connectivity index (χ3n) is 2.84. The largest absolute Gasteiger partial charge is 0.479 e. The molecule has 0 aliphatic rings. The number of hydrogen-bond donors (Lipinski definition) is 1. The molecule has 23 heavy (non-hydrogen) atoms. The van der Waals surface area contributed by atoms with Crippen molar-refractivity contribution in [2.24, 2.45) is 0 Å². The number of carbonyl (C=O) groups is 1. The standard InChI is InChI=1S/C15H18ClN3O2S2/c1-3-9-22-15-19-18-14(23-15)17-13(20)11(4-2)21-12-8-6-5-7-10(12)16/h5-8,11H,3-4,9H2,1-2H3,(H,17,18,20)/t11-/m0/s1. The van der Waals surface area contributed by atoms with Crippen LogP contribution in [0.3, 0.4) is 0 Å². The summed E-state index contributed by atoms with van der Waals surface area (Å²) < 4.78 is 6.56. The van der Waals surface area contributed by atoms with Gasteiger partial charge in [-0.15, -0.1) is 10.2 Å². The molecular weight excluding hydrogens is 354 g/mol. The highest BCUT2D eigenvalue weighted by Gasteiger charge is 2.21. The van der Waals surface area contributed by atoms with Crippen molar-refractivity contribution in [3.05, 3.63) is 29.3 Å². The first-order chi connectivity index (χ1) is 11.1. The van der Waals surface area contributed by atoms with E-state index in [0.29, 0.717) is 22.3 Å². The molecule has 124 valence electrons. The summed E-state index contributed by atoms with van der Waals surface area (Å²) in [6.07, 6.45) is 0.952. The molecule has 0 saturated carbocycles. The summed E-state index contributed by atoms with van der Waals surface area (Å²) in [5, 5.41) is 11.7. The summed E-state index contributed by atoms with van der Waals surface area (Å²) in [7, 11) is 0. The number of carbonyl (C=O) groups excluding carboxylic acids is 1. The van der Waals surface area contributed by atoms with Crippen LogP contribution in [0.4, 0.5) is 5.13 Å². The van der Waals surface area contributed by atoms with Gasteiger partial charge in [-0.3, -0.25) is 10.1 Å². The minimum atomic E-state index is -0.634. The van der Waals surface area contributed by atoms with E-state index < -0.39 is 6.10 Å². The van der Waals surface area contributed by atoms with Crippen LogP contribution in [0.5, 0.6) is 5.75 Å². The van der Waals surface area contributed by atoms with Crippen molar-refractivity contribution < 1.29 is 9.53 Å². The number of halogens is 1. The van der Waals surface area contributed by atoms with Crippen LogP contribution in [0.2, 0.25) is 5.02 Å². The van der Waals surface area contributed by atoms with Crippen LogP contribution in [-0.4, -0.2) is 28.0 Å². The Hall–Kier alpha value is -1.31. The first kappa shape index (κ1) is 18.0. The Labute approximate surface area is 148 Å². The van der Waals surface area contributed by atoms with Crippen LogP contribution in [0.15, 0.2) is 28.6 Å². The first-order valence-electron chi connectivity index (χ1n) is 7.32. The topological polar surface area (TPSA) is 64.1 Å². The van der Waals surface area contributed by atoms with E-state index in [1.165, 1.54) is 11.3 Å². The van der Waals surface area contributed by atoms with E-state index in [1.54, 1.807) is 23.9 Å². The SMILES string of the molecule is CCCSc1nnc(NC(=O)[C@H](CC)Oc2ccccc2Cl)s1. The van der Waals surface area contributed by atoms with Crippen molar-refractivity contribution in [1.82, 2.24) is 10.2 Å². The highest BCUT2D eigenvalue weighted by molar-refractivity contribution is 8.01. The highest BCUT2D eigenvalue weighted by atomic mass is 35.5. The third-order valence-corrected chi connectivity index (χ3v) is 5.33. The van der Waals surface area contributed by atoms with Crippen molar-refractivity contribution in [2.45, 2.75) is 37.1 Å². The predicted molar refractivity (Wildman–Crippen MR) is 95.7 cm³/mol. The molecule has 0 aliphatic heterocycles. The smallest absolute Gasteiger partial charge is 0.267 e. The molecule has 0 aliphatic carbocycles. The molecule has 0 spiro atoms. The van der Waals surface area contributed by atoms with Crippen molar-refractivity contribution in [3.8, 4) is 5.75 Å². The zero-order chi connectivity index (χ0) is 16.7. The molecule has 0 unspecified atom stereocenters. The van der Waals surface area contributed by atoms with Gasteiger partial charge in [-0.25, -0.2) is 0 Å². The molecule has 1 aromatic heterocycles. The Morgan fingerprint density at radius 3 is 2.87 bits per heavy atom. The highest BCUT2D eigenvalue weighted by Crippen LogP contribution is 2.27. The molecule has 0 radical (unpaired) electrons. The van der Waals surface area contributed by atoms with Crippen LogP contribution in [0.1, 0.15) is 26.7 Å². The molecule has 5 nitrogen and oxygen atoms in total. The molecule has 2 rings (SSSR count). The normalized spacial score (nSPS) is 12.0. The molecule has 0 fully saturated rings. The number of aromatic nitrogens is 2. The average molecular weight is 372 g/mol. The van der Waals surface area contributed by atoms with Gasteiger partial charge in [0.05, 0.1) is 5.02 Å².